The molecule has 0 radical (unpaired) electrons. The van der Waals surface area contributed by atoms with Gasteiger partial charge in [-0.3, -0.25) is 0 Å². The van der Waals surface area contributed by atoms with Crippen LogP contribution in [-0.2, 0) is 14.3 Å². The maximum Gasteiger partial charge on any atom is 0.338 e. The van der Waals surface area contributed by atoms with Crippen LogP contribution in [0, 0.1) is 11.8 Å². The summed E-state index contributed by atoms with van der Waals surface area (Å²) in [6.45, 7) is 4.19. The topological polar surface area (TPSA) is 52.6 Å². The molecule has 1 fully saturated rings. The normalized spacial score (nSPS) is 21.8. The summed E-state index contributed by atoms with van der Waals surface area (Å²) >= 11 is 0. The fourth-order valence-corrected chi connectivity index (χ4v) is 5.49. The molecule has 4 rings (SSSR count). The van der Waals surface area contributed by atoms with Gasteiger partial charge in [0.05, 0.1) is 5.56 Å². The molecule has 2 aliphatic rings. The molecule has 4 nitrogen and oxygen atoms in total. The molecule has 2 atom stereocenters. The maximum absolute atomic E-state index is 13.1. The minimum absolute atomic E-state index is 0.0276. The van der Waals surface area contributed by atoms with Crippen LogP contribution in [-0.4, -0.2) is 18.5 Å². The van der Waals surface area contributed by atoms with Crippen LogP contribution in [0.4, 0.5) is 0 Å². The number of carbonyl (C=O) groups excluding carboxylic acids is 2. The van der Waals surface area contributed by atoms with Gasteiger partial charge < -0.3 is 9.47 Å². The van der Waals surface area contributed by atoms with E-state index >= 15 is 0 Å². The monoisotopic (exact) mass is 500 g/mol. The van der Waals surface area contributed by atoms with Crippen molar-refractivity contribution in [2.45, 2.75) is 77.2 Å². The van der Waals surface area contributed by atoms with Crippen molar-refractivity contribution in [2.24, 2.45) is 11.8 Å². The molecular formula is C33H40O4. The summed E-state index contributed by atoms with van der Waals surface area (Å²) in [4.78, 5) is 25.6. The Morgan fingerprint density at radius 3 is 2.30 bits per heavy atom. The maximum atomic E-state index is 13.1. The zero-order valence-corrected chi connectivity index (χ0v) is 22.2. The summed E-state index contributed by atoms with van der Waals surface area (Å²) in [5, 5.41) is 0. The first kappa shape index (κ1) is 26.9. The van der Waals surface area contributed by atoms with E-state index < -0.39 is 12.1 Å². The molecule has 2 aliphatic carbocycles. The van der Waals surface area contributed by atoms with Crippen molar-refractivity contribution in [3.05, 3.63) is 95.1 Å². The number of unbranched alkanes of at least 4 members (excludes halogenated alkanes) is 2. The van der Waals surface area contributed by atoms with Gasteiger partial charge in [-0.1, -0.05) is 100 Å². The number of carbonyl (C=O) groups is 2. The molecule has 2 aromatic rings. The highest BCUT2D eigenvalue weighted by Crippen LogP contribution is 2.38. The van der Waals surface area contributed by atoms with Crippen molar-refractivity contribution in [3.63, 3.8) is 0 Å². The van der Waals surface area contributed by atoms with Gasteiger partial charge in [0.25, 0.3) is 0 Å². The van der Waals surface area contributed by atoms with Gasteiger partial charge in [-0.05, 0) is 60.8 Å². The lowest BCUT2D eigenvalue weighted by molar-refractivity contribution is -0.142. The first-order valence-corrected chi connectivity index (χ1v) is 14.0. The third-order valence-corrected chi connectivity index (χ3v) is 7.87. The van der Waals surface area contributed by atoms with Gasteiger partial charge in [-0.2, -0.15) is 0 Å². The molecule has 0 N–H and O–H groups in total. The van der Waals surface area contributed by atoms with Crippen LogP contribution in [0.25, 0.3) is 0 Å². The molecule has 2 unspecified atom stereocenters. The van der Waals surface area contributed by atoms with Crippen LogP contribution in [0.2, 0.25) is 0 Å². The van der Waals surface area contributed by atoms with Gasteiger partial charge in [0.1, 0.15) is 6.61 Å². The Hall–Kier alpha value is -3.14. The van der Waals surface area contributed by atoms with E-state index in [-0.39, 0.29) is 18.5 Å². The number of hydrogen-bond acceptors (Lipinski definition) is 4. The Kier molecular flexibility index (Phi) is 9.76. The van der Waals surface area contributed by atoms with Crippen molar-refractivity contribution < 1.29 is 19.1 Å². The minimum atomic E-state index is -0.675. The lowest BCUT2D eigenvalue weighted by atomic mass is 9.77. The van der Waals surface area contributed by atoms with Crippen molar-refractivity contribution in [3.8, 4) is 0 Å². The lowest BCUT2D eigenvalue weighted by Crippen LogP contribution is -2.20. The average Bonchev–Trinajstić information content (AvgIpc) is 3.37. The molecule has 0 bridgehead atoms. The molecule has 0 aliphatic heterocycles. The predicted octanol–water partition coefficient (Wildman–Crippen LogP) is 8.11. The third kappa shape index (κ3) is 7.44. The van der Waals surface area contributed by atoms with Gasteiger partial charge >= 0.3 is 11.9 Å². The second-order valence-electron chi connectivity index (χ2n) is 10.5. The third-order valence-electron chi connectivity index (χ3n) is 7.87. The second kappa shape index (κ2) is 13.4. The standard InChI is InChI=1S/C33H40O4/c1-3-4-6-11-25-15-17-26(18-16-25)27-19-21-29(22-20-27)32(34)37-31(28-12-7-5-8-13-28)23-36-33(35)30-14-9-10-24(30)2/h5,7-10,12-14,19-22,24-26,31H,3-4,6,11,15-18,23H2,1-2H3. The van der Waals surface area contributed by atoms with Crippen LogP contribution >= 0.6 is 0 Å². The van der Waals surface area contributed by atoms with Crippen LogP contribution in [0.3, 0.4) is 0 Å². The van der Waals surface area contributed by atoms with Gasteiger partial charge in [-0.15, -0.1) is 0 Å². The number of esters is 2. The number of allylic oxidation sites excluding steroid dienone is 3. The Morgan fingerprint density at radius 1 is 0.919 bits per heavy atom. The first-order valence-electron chi connectivity index (χ1n) is 14.0. The molecule has 0 heterocycles. The average molecular weight is 501 g/mol. The molecule has 37 heavy (non-hydrogen) atoms. The highest BCUT2D eigenvalue weighted by Gasteiger charge is 2.25. The van der Waals surface area contributed by atoms with Crippen LogP contribution in [0.15, 0.2) is 78.4 Å². The van der Waals surface area contributed by atoms with Crippen LogP contribution in [0.5, 0.6) is 0 Å². The zero-order chi connectivity index (χ0) is 26.0. The second-order valence-corrected chi connectivity index (χ2v) is 10.5. The quantitative estimate of drug-likeness (QED) is 0.231. The van der Waals surface area contributed by atoms with Gasteiger partial charge in [0.15, 0.2) is 6.10 Å². The summed E-state index contributed by atoms with van der Waals surface area (Å²) in [5.74, 6) is 0.696. The van der Waals surface area contributed by atoms with E-state index in [1.807, 2.05) is 61.5 Å². The van der Waals surface area contributed by atoms with Crippen molar-refractivity contribution in [2.75, 3.05) is 6.61 Å². The summed E-state index contributed by atoms with van der Waals surface area (Å²) in [7, 11) is 0. The van der Waals surface area contributed by atoms with Crippen molar-refractivity contribution in [1.29, 1.82) is 0 Å². The first-order chi connectivity index (χ1) is 18.0. The van der Waals surface area contributed by atoms with Gasteiger partial charge in [-0.25, -0.2) is 9.59 Å². The molecule has 0 amide bonds. The highest BCUT2D eigenvalue weighted by molar-refractivity contribution is 5.91. The van der Waals surface area contributed by atoms with E-state index in [2.05, 4.69) is 19.1 Å². The predicted molar refractivity (Wildman–Crippen MR) is 147 cm³/mol. The van der Waals surface area contributed by atoms with Crippen molar-refractivity contribution >= 4 is 11.9 Å². The van der Waals surface area contributed by atoms with E-state index in [0.717, 1.165) is 11.5 Å². The fourth-order valence-electron chi connectivity index (χ4n) is 5.49. The molecule has 0 aromatic heterocycles. The molecule has 4 heteroatoms. The Balaban J connectivity index is 1.34. The number of benzene rings is 2. The summed E-state index contributed by atoms with van der Waals surface area (Å²) in [6, 6.07) is 17.3. The number of hydrogen-bond donors (Lipinski definition) is 0. The molecule has 0 spiro atoms. The van der Waals surface area contributed by atoms with Crippen molar-refractivity contribution in [1.82, 2.24) is 0 Å². The number of rotatable bonds is 11. The van der Waals surface area contributed by atoms with Gasteiger partial charge in [0.2, 0.25) is 0 Å². The summed E-state index contributed by atoms with van der Waals surface area (Å²) < 4.78 is 11.4. The summed E-state index contributed by atoms with van der Waals surface area (Å²) in [6.07, 6.45) is 15.4. The van der Waals surface area contributed by atoms with Gasteiger partial charge in [0, 0.05) is 11.5 Å². The van der Waals surface area contributed by atoms with E-state index in [9.17, 15) is 9.59 Å². The highest BCUT2D eigenvalue weighted by atomic mass is 16.6. The Morgan fingerprint density at radius 2 is 1.65 bits per heavy atom. The molecular weight excluding hydrogens is 460 g/mol. The molecule has 1 saturated carbocycles. The zero-order valence-electron chi connectivity index (χ0n) is 22.2. The fraction of sp³-hybridized carbons (Fsp3) is 0.455. The Bertz CT molecular complexity index is 1080. The minimum Gasteiger partial charge on any atom is -0.458 e. The van der Waals surface area contributed by atoms with E-state index in [4.69, 9.17) is 9.47 Å². The SMILES string of the molecule is CCCCCC1CCC(c2ccc(C(=O)OC(COC(=O)C3=CC=CC3C)c3ccccc3)cc2)CC1. The number of ether oxygens (including phenoxy) is 2. The van der Waals surface area contributed by atoms with E-state index in [0.29, 0.717) is 17.1 Å². The molecule has 0 saturated heterocycles. The summed E-state index contributed by atoms with van der Waals surface area (Å²) in [5.41, 5.74) is 3.23. The largest absolute Gasteiger partial charge is 0.458 e. The van der Waals surface area contributed by atoms with Crippen LogP contribution in [0.1, 0.15) is 98.7 Å². The smallest absolute Gasteiger partial charge is 0.338 e. The lowest BCUT2D eigenvalue weighted by Gasteiger charge is -2.29. The van der Waals surface area contributed by atoms with E-state index in [1.54, 1.807) is 6.08 Å². The van der Waals surface area contributed by atoms with Crippen LogP contribution < -0.4 is 0 Å². The molecule has 2 aromatic carbocycles. The van der Waals surface area contributed by atoms with E-state index in [1.165, 1.54) is 56.9 Å². The molecule has 196 valence electrons. The Labute approximate surface area is 221 Å².